The van der Waals surface area contributed by atoms with E-state index < -0.39 is 0 Å². The SMILES string of the molecule is CNC(=O)c1ccc(CNC(=O)CCCCc2nc3ccccc3s2)cc1. The maximum Gasteiger partial charge on any atom is 0.251 e. The van der Waals surface area contributed by atoms with Crippen molar-refractivity contribution >= 4 is 33.4 Å². The van der Waals surface area contributed by atoms with E-state index >= 15 is 0 Å². The first-order valence-corrected chi connectivity index (χ1v) is 9.89. The summed E-state index contributed by atoms with van der Waals surface area (Å²) in [6.45, 7) is 0.477. The molecule has 0 fully saturated rings. The molecule has 0 saturated heterocycles. The van der Waals surface area contributed by atoms with Gasteiger partial charge in [-0.25, -0.2) is 4.98 Å². The molecule has 0 saturated carbocycles. The third-order valence-electron chi connectivity index (χ3n) is 4.32. The molecule has 2 amide bonds. The Balaban J connectivity index is 1.36. The number of rotatable bonds is 8. The molecule has 27 heavy (non-hydrogen) atoms. The Morgan fingerprint density at radius 1 is 1.04 bits per heavy atom. The van der Waals surface area contributed by atoms with Gasteiger partial charge in [-0.05, 0) is 49.1 Å². The largest absolute Gasteiger partial charge is 0.355 e. The standard InChI is InChI=1S/C21H23N3O2S/c1-22-21(26)16-12-10-15(11-13-16)14-23-19(25)8-4-5-9-20-24-17-6-2-3-7-18(17)27-20/h2-3,6-7,10-13H,4-5,8-9,14H2,1H3,(H,22,26)(H,23,25). The molecule has 0 aliphatic heterocycles. The van der Waals surface area contributed by atoms with Gasteiger partial charge in [0.2, 0.25) is 5.91 Å². The van der Waals surface area contributed by atoms with E-state index in [1.807, 2.05) is 30.3 Å². The molecule has 0 radical (unpaired) electrons. The van der Waals surface area contributed by atoms with Crippen molar-refractivity contribution in [3.8, 4) is 0 Å². The van der Waals surface area contributed by atoms with Crippen molar-refractivity contribution in [2.45, 2.75) is 32.2 Å². The summed E-state index contributed by atoms with van der Waals surface area (Å²) in [5.74, 6) is -0.0617. The van der Waals surface area contributed by atoms with Gasteiger partial charge in [-0.15, -0.1) is 11.3 Å². The Kier molecular flexibility index (Phi) is 6.54. The lowest BCUT2D eigenvalue weighted by Crippen LogP contribution is -2.22. The zero-order valence-corrected chi connectivity index (χ0v) is 16.1. The molecule has 0 bridgehead atoms. The van der Waals surface area contributed by atoms with Crippen LogP contribution in [0.2, 0.25) is 0 Å². The van der Waals surface area contributed by atoms with Crippen LogP contribution in [0.3, 0.4) is 0 Å². The number of para-hydroxylation sites is 1. The van der Waals surface area contributed by atoms with Crippen LogP contribution in [0.4, 0.5) is 0 Å². The molecule has 1 aromatic heterocycles. The van der Waals surface area contributed by atoms with E-state index in [1.54, 1.807) is 30.5 Å². The van der Waals surface area contributed by atoms with Crippen LogP contribution < -0.4 is 10.6 Å². The van der Waals surface area contributed by atoms with E-state index in [0.717, 1.165) is 35.4 Å². The van der Waals surface area contributed by atoms with E-state index in [4.69, 9.17) is 0 Å². The van der Waals surface area contributed by atoms with E-state index in [2.05, 4.69) is 21.7 Å². The molecule has 140 valence electrons. The van der Waals surface area contributed by atoms with Gasteiger partial charge in [0.25, 0.3) is 5.91 Å². The number of nitrogens with zero attached hydrogens (tertiary/aromatic N) is 1. The number of aromatic nitrogens is 1. The van der Waals surface area contributed by atoms with Crippen molar-refractivity contribution in [2.75, 3.05) is 7.05 Å². The Hall–Kier alpha value is -2.73. The molecule has 2 N–H and O–H groups in total. The number of benzene rings is 2. The van der Waals surface area contributed by atoms with Crippen molar-refractivity contribution in [1.29, 1.82) is 0 Å². The minimum Gasteiger partial charge on any atom is -0.355 e. The first-order chi connectivity index (χ1) is 13.2. The third kappa shape index (κ3) is 5.37. The highest BCUT2D eigenvalue weighted by atomic mass is 32.1. The fourth-order valence-electron chi connectivity index (χ4n) is 2.80. The average molecular weight is 382 g/mol. The number of hydrogen-bond acceptors (Lipinski definition) is 4. The minimum atomic E-state index is -0.112. The predicted octanol–water partition coefficient (Wildman–Crippen LogP) is 3.69. The lowest BCUT2D eigenvalue weighted by molar-refractivity contribution is -0.121. The number of hydrogen-bond donors (Lipinski definition) is 2. The molecule has 6 heteroatoms. The summed E-state index contributed by atoms with van der Waals surface area (Å²) >= 11 is 1.73. The fraction of sp³-hybridized carbons (Fsp3) is 0.286. The number of aryl methyl sites for hydroxylation is 1. The van der Waals surface area contributed by atoms with Crippen molar-refractivity contribution < 1.29 is 9.59 Å². The monoisotopic (exact) mass is 381 g/mol. The molecular formula is C21H23N3O2S. The van der Waals surface area contributed by atoms with Crippen LogP contribution in [0.1, 0.15) is 40.2 Å². The Morgan fingerprint density at radius 3 is 2.56 bits per heavy atom. The van der Waals surface area contributed by atoms with Crippen LogP contribution >= 0.6 is 11.3 Å². The molecular weight excluding hydrogens is 358 g/mol. The molecule has 2 aromatic carbocycles. The Bertz CT molecular complexity index is 886. The smallest absolute Gasteiger partial charge is 0.251 e. The number of carbonyl (C=O) groups is 2. The summed E-state index contributed by atoms with van der Waals surface area (Å²) in [6, 6.07) is 15.4. The topological polar surface area (TPSA) is 71.1 Å². The van der Waals surface area contributed by atoms with Crippen LogP contribution in [0.15, 0.2) is 48.5 Å². The van der Waals surface area contributed by atoms with Gasteiger partial charge < -0.3 is 10.6 Å². The third-order valence-corrected chi connectivity index (χ3v) is 5.41. The van der Waals surface area contributed by atoms with Crippen LogP contribution in [-0.4, -0.2) is 23.8 Å². The van der Waals surface area contributed by atoms with Crippen LogP contribution in [0.5, 0.6) is 0 Å². The molecule has 1 heterocycles. The van der Waals surface area contributed by atoms with Gasteiger partial charge in [0.1, 0.15) is 0 Å². The van der Waals surface area contributed by atoms with Crippen molar-refractivity contribution in [2.24, 2.45) is 0 Å². The summed E-state index contributed by atoms with van der Waals surface area (Å²) in [7, 11) is 1.60. The molecule has 0 aliphatic rings. The zero-order chi connectivity index (χ0) is 19.1. The summed E-state index contributed by atoms with van der Waals surface area (Å²) in [6.07, 6.45) is 3.22. The lowest BCUT2D eigenvalue weighted by Gasteiger charge is -2.06. The molecule has 0 aliphatic carbocycles. The number of nitrogens with one attached hydrogen (secondary N) is 2. The minimum absolute atomic E-state index is 0.0506. The van der Waals surface area contributed by atoms with E-state index in [1.165, 1.54) is 4.70 Å². The number of amides is 2. The first-order valence-electron chi connectivity index (χ1n) is 9.08. The van der Waals surface area contributed by atoms with E-state index in [0.29, 0.717) is 18.5 Å². The second-order valence-corrected chi connectivity index (χ2v) is 7.45. The first kappa shape index (κ1) is 19.0. The fourth-order valence-corrected chi connectivity index (χ4v) is 3.81. The highest BCUT2D eigenvalue weighted by Gasteiger charge is 2.06. The van der Waals surface area contributed by atoms with Gasteiger partial charge in [-0.3, -0.25) is 9.59 Å². The average Bonchev–Trinajstić information content (AvgIpc) is 3.12. The molecule has 3 aromatic rings. The Labute approximate surface area is 162 Å². The maximum atomic E-state index is 12.0. The van der Waals surface area contributed by atoms with Gasteiger partial charge >= 0.3 is 0 Å². The van der Waals surface area contributed by atoms with Gasteiger partial charge in [0.05, 0.1) is 15.2 Å². The number of thiazole rings is 1. The van der Waals surface area contributed by atoms with Crippen LogP contribution in [0, 0.1) is 0 Å². The van der Waals surface area contributed by atoms with Crippen molar-refractivity contribution in [3.63, 3.8) is 0 Å². The summed E-state index contributed by atoms with van der Waals surface area (Å²) in [4.78, 5) is 28.1. The summed E-state index contributed by atoms with van der Waals surface area (Å²) < 4.78 is 1.22. The van der Waals surface area contributed by atoms with Gasteiger partial charge in [-0.1, -0.05) is 24.3 Å². The lowest BCUT2D eigenvalue weighted by atomic mass is 10.1. The highest BCUT2D eigenvalue weighted by molar-refractivity contribution is 7.18. The number of fused-ring (bicyclic) bond motifs is 1. The van der Waals surface area contributed by atoms with Gasteiger partial charge in [0, 0.05) is 25.6 Å². The summed E-state index contributed by atoms with van der Waals surface area (Å²) in [5.41, 5.74) is 2.64. The number of unbranched alkanes of at least 4 members (excludes halogenated alkanes) is 1. The normalized spacial score (nSPS) is 10.7. The molecule has 5 nitrogen and oxygen atoms in total. The second kappa shape index (κ2) is 9.28. The maximum absolute atomic E-state index is 12.0. The van der Waals surface area contributed by atoms with Crippen LogP contribution in [-0.2, 0) is 17.8 Å². The predicted molar refractivity (Wildman–Crippen MR) is 109 cm³/mol. The van der Waals surface area contributed by atoms with Crippen LogP contribution in [0.25, 0.3) is 10.2 Å². The second-order valence-electron chi connectivity index (χ2n) is 6.34. The molecule has 0 spiro atoms. The Morgan fingerprint density at radius 2 is 1.81 bits per heavy atom. The zero-order valence-electron chi connectivity index (χ0n) is 15.3. The molecule has 0 atom stereocenters. The quantitative estimate of drug-likeness (QED) is 0.585. The van der Waals surface area contributed by atoms with Gasteiger partial charge in [0.15, 0.2) is 0 Å². The van der Waals surface area contributed by atoms with Crippen molar-refractivity contribution in [1.82, 2.24) is 15.6 Å². The number of carbonyl (C=O) groups excluding carboxylic acids is 2. The summed E-state index contributed by atoms with van der Waals surface area (Å²) in [5, 5.41) is 6.65. The van der Waals surface area contributed by atoms with Crippen molar-refractivity contribution in [3.05, 3.63) is 64.7 Å². The van der Waals surface area contributed by atoms with E-state index in [-0.39, 0.29) is 11.8 Å². The van der Waals surface area contributed by atoms with Gasteiger partial charge in [-0.2, -0.15) is 0 Å². The van der Waals surface area contributed by atoms with E-state index in [9.17, 15) is 9.59 Å². The highest BCUT2D eigenvalue weighted by Crippen LogP contribution is 2.22. The molecule has 0 unspecified atom stereocenters. The molecule has 3 rings (SSSR count).